The van der Waals surface area contributed by atoms with E-state index in [0.717, 1.165) is 29.8 Å². The van der Waals surface area contributed by atoms with Crippen molar-refractivity contribution in [1.82, 2.24) is 10.3 Å². The Labute approximate surface area is 135 Å². The quantitative estimate of drug-likeness (QED) is 0.814. The van der Waals surface area contributed by atoms with Crippen LogP contribution in [0.2, 0.25) is 5.02 Å². The van der Waals surface area contributed by atoms with E-state index in [9.17, 15) is 4.39 Å². The van der Waals surface area contributed by atoms with Gasteiger partial charge in [0.2, 0.25) is 5.95 Å². The maximum Gasteiger partial charge on any atom is 0.212 e. The molecule has 1 aromatic carbocycles. The lowest BCUT2D eigenvalue weighted by Gasteiger charge is -2.20. The van der Waals surface area contributed by atoms with E-state index in [4.69, 9.17) is 11.6 Å². The van der Waals surface area contributed by atoms with E-state index < -0.39 is 5.95 Å². The maximum absolute atomic E-state index is 12.9. The van der Waals surface area contributed by atoms with Crippen molar-refractivity contribution in [2.75, 3.05) is 0 Å². The summed E-state index contributed by atoms with van der Waals surface area (Å²) >= 11 is 6.06. The van der Waals surface area contributed by atoms with E-state index in [1.54, 1.807) is 6.20 Å². The molecular formula is C18H20ClFN2. The smallest absolute Gasteiger partial charge is 0.212 e. The van der Waals surface area contributed by atoms with Crippen LogP contribution in [0.1, 0.15) is 49.3 Å². The Morgan fingerprint density at radius 3 is 2.86 bits per heavy atom. The molecule has 0 amide bonds. The summed E-state index contributed by atoms with van der Waals surface area (Å²) in [6, 6.07) is 12.0. The first-order valence-corrected chi connectivity index (χ1v) is 8.12. The topological polar surface area (TPSA) is 24.9 Å². The second kappa shape index (κ2) is 6.76. The van der Waals surface area contributed by atoms with Gasteiger partial charge < -0.3 is 5.32 Å². The highest BCUT2D eigenvalue weighted by atomic mass is 35.5. The lowest BCUT2D eigenvalue weighted by molar-refractivity contribution is 0.457. The van der Waals surface area contributed by atoms with Crippen molar-refractivity contribution in [3.05, 3.63) is 64.7 Å². The summed E-state index contributed by atoms with van der Waals surface area (Å²) in [5, 5.41) is 4.45. The van der Waals surface area contributed by atoms with Crippen LogP contribution in [0.25, 0.3) is 0 Å². The van der Waals surface area contributed by atoms with E-state index in [2.05, 4.69) is 23.3 Å². The highest BCUT2D eigenvalue weighted by Gasteiger charge is 2.27. The van der Waals surface area contributed by atoms with Crippen LogP contribution in [0, 0.1) is 5.95 Å². The third kappa shape index (κ3) is 3.65. The molecule has 2 unspecified atom stereocenters. The van der Waals surface area contributed by atoms with Gasteiger partial charge in [-0.05, 0) is 61.4 Å². The molecule has 4 heteroatoms. The Kier molecular flexibility index (Phi) is 4.74. The number of nitrogens with one attached hydrogen (secondary N) is 1. The highest BCUT2D eigenvalue weighted by molar-refractivity contribution is 6.30. The molecule has 22 heavy (non-hydrogen) atoms. The minimum Gasteiger partial charge on any atom is -0.307 e. The molecule has 2 nitrogen and oxygen atoms in total. The molecule has 0 aliphatic heterocycles. The predicted octanol–water partition coefficient (Wildman–Crippen LogP) is 4.86. The third-order valence-electron chi connectivity index (χ3n) is 4.49. The van der Waals surface area contributed by atoms with Gasteiger partial charge in [0.05, 0.1) is 0 Å². The number of pyridine rings is 1. The van der Waals surface area contributed by atoms with E-state index in [1.807, 2.05) is 24.3 Å². The SMILES string of the molecule is C[C@@H](NC1CCC(c2ccc(F)nc2)C1)c1cccc(Cl)c1. The standard InChI is InChI=1S/C18H20ClFN2/c1-12(13-3-2-4-16(19)9-13)22-17-7-5-14(10-17)15-6-8-18(20)21-11-15/h2-4,6,8-9,11-12,14,17,22H,5,7,10H2,1H3/t12-,14?,17?/m1/s1. The fourth-order valence-corrected chi connectivity index (χ4v) is 3.49. The zero-order valence-corrected chi connectivity index (χ0v) is 13.4. The van der Waals surface area contributed by atoms with Crippen molar-refractivity contribution in [2.45, 2.75) is 44.2 Å². The predicted molar refractivity (Wildman–Crippen MR) is 87.6 cm³/mol. The second-order valence-corrected chi connectivity index (χ2v) is 6.50. The van der Waals surface area contributed by atoms with E-state index in [-0.39, 0.29) is 6.04 Å². The minimum atomic E-state index is -0.411. The van der Waals surface area contributed by atoms with Gasteiger partial charge in [0.1, 0.15) is 0 Å². The summed E-state index contributed by atoms with van der Waals surface area (Å²) < 4.78 is 12.9. The Balaban J connectivity index is 1.60. The molecule has 2 aromatic rings. The van der Waals surface area contributed by atoms with Crippen LogP contribution in [-0.2, 0) is 0 Å². The van der Waals surface area contributed by atoms with Crippen LogP contribution >= 0.6 is 11.6 Å². The number of aromatic nitrogens is 1. The molecule has 1 aliphatic carbocycles. The molecule has 3 atom stereocenters. The van der Waals surface area contributed by atoms with Crippen LogP contribution in [0.4, 0.5) is 4.39 Å². The molecule has 1 saturated carbocycles. The molecular weight excluding hydrogens is 299 g/mol. The average molecular weight is 319 g/mol. The van der Waals surface area contributed by atoms with Gasteiger partial charge in [-0.2, -0.15) is 4.39 Å². The zero-order chi connectivity index (χ0) is 15.5. The number of hydrogen-bond donors (Lipinski definition) is 1. The number of halogens is 2. The van der Waals surface area contributed by atoms with Crippen LogP contribution in [0.5, 0.6) is 0 Å². The number of rotatable bonds is 4. The lowest BCUT2D eigenvalue weighted by Crippen LogP contribution is -2.29. The van der Waals surface area contributed by atoms with Gasteiger partial charge in [-0.15, -0.1) is 0 Å². The molecule has 116 valence electrons. The molecule has 0 radical (unpaired) electrons. The van der Waals surface area contributed by atoms with Crippen molar-refractivity contribution in [3.63, 3.8) is 0 Å². The van der Waals surface area contributed by atoms with Crippen molar-refractivity contribution >= 4 is 11.6 Å². The zero-order valence-electron chi connectivity index (χ0n) is 12.6. The van der Waals surface area contributed by atoms with E-state index in [0.29, 0.717) is 12.0 Å². The van der Waals surface area contributed by atoms with E-state index in [1.165, 1.54) is 11.6 Å². The normalized spacial score (nSPS) is 22.7. The largest absolute Gasteiger partial charge is 0.307 e. The molecule has 0 saturated heterocycles. The molecule has 1 aliphatic rings. The Bertz CT molecular complexity index is 629. The number of nitrogens with zero attached hydrogens (tertiary/aromatic N) is 1. The van der Waals surface area contributed by atoms with Gasteiger partial charge in [-0.3, -0.25) is 0 Å². The molecule has 3 rings (SSSR count). The first-order valence-electron chi connectivity index (χ1n) is 7.75. The van der Waals surface area contributed by atoms with Crippen molar-refractivity contribution in [2.24, 2.45) is 0 Å². The third-order valence-corrected chi connectivity index (χ3v) is 4.72. The minimum absolute atomic E-state index is 0.272. The molecule has 1 heterocycles. The van der Waals surface area contributed by atoms with E-state index >= 15 is 0 Å². The summed E-state index contributed by atoms with van der Waals surface area (Å²) in [5.41, 5.74) is 2.35. The Morgan fingerprint density at radius 1 is 1.27 bits per heavy atom. The van der Waals surface area contributed by atoms with Crippen LogP contribution < -0.4 is 5.32 Å². The van der Waals surface area contributed by atoms with Crippen molar-refractivity contribution in [1.29, 1.82) is 0 Å². The monoisotopic (exact) mass is 318 g/mol. The first kappa shape index (κ1) is 15.4. The Hall–Kier alpha value is -1.45. The first-order chi connectivity index (χ1) is 10.6. The molecule has 1 fully saturated rings. The lowest BCUT2D eigenvalue weighted by atomic mass is 9.99. The highest BCUT2D eigenvalue weighted by Crippen LogP contribution is 2.35. The Morgan fingerprint density at radius 2 is 2.14 bits per heavy atom. The van der Waals surface area contributed by atoms with Gasteiger partial charge in [-0.25, -0.2) is 4.98 Å². The summed E-state index contributed by atoms with van der Waals surface area (Å²) in [5.74, 6) is 0.0585. The maximum atomic E-state index is 12.9. The van der Waals surface area contributed by atoms with Crippen molar-refractivity contribution < 1.29 is 4.39 Å². The fourth-order valence-electron chi connectivity index (χ4n) is 3.29. The van der Waals surface area contributed by atoms with Gasteiger partial charge >= 0.3 is 0 Å². The van der Waals surface area contributed by atoms with Crippen LogP contribution in [0.3, 0.4) is 0 Å². The van der Waals surface area contributed by atoms with Crippen LogP contribution in [0.15, 0.2) is 42.6 Å². The molecule has 1 aromatic heterocycles. The number of benzene rings is 1. The summed E-state index contributed by atoms with van der Waals surface area (Å²) in [6.07, 6.45) is 4.99. The number of hydrogen-bond acceptors (Lipinski definition) is 2. The molecule has 1 N–H and O–H groups in total. The second-order valence-electron chi connectivity index (χ2n) is 6.06. The average Bonchev–Trinajstić information content (AvgIpc) is 2.96. The van der Waals surface area contributed by atoms with Gasteiger partial charge in [-0.1, -0.05) is 29.8 Å². The van der Waals surface area contributed by atoms with Gasteiger partial charge in [0.25, 0.3) is 0 Å². The molecule has 0 bridgehead atoms. The van der Waals surface area contributed by atoms with Crippen molar-refractivity contribution in [3.8, 4) is 0 Å². The van der Waals surface area contributed by atoms with Gasteiger partial charge in [0, 0.05) is 23.3 Å². The summed E-state index contributed by atoms with van der Waals surface area (Å²) in [7, 11) is 0. The van der Waals surface area contributed by atoms with Gasteiger partial charge in [0.15, 0.2) is 0 Å². The molecule has 0 spiro atoms. The summed E-state index contributed by atoms with van der Waals surface area (Å²) in [4.78, 5) is 3.77. The van der Waals surface area contributed by atoms with Crippen LogP contribution in [-0.4, -0.2) is 11.0 Å². The fraction of sp³-hybridized carbons (Fsp3) is 0.389. The summed E-state index contributed by atoms with van der Waals surface area (Å²) in [6.45, 7) is 2.17.